The molecule has 0 aliphatic carbocycles. The highest BCUT2D eigenvalue weighted by atomic mass is 16.3. The van der Waals surface area contributed by atoms with Crippen LogP contribution >= 0.6 is 0 Å². The minimum atomic E-state index is -0.520. The molecular formula is C22H28N6O. The Labute approximate surface area is 171 Å². The summed E-state index contributed by atoms with van der Waals surface area (Å²) >= 11 is 0. The number of anilines is 1. The van der Waals surface area contributed by atoms with Gasteiger partial charge in [0.15, 0.2) is 5.82 Å². The Morgan fingerprint density at radius 2 is 1.69 bits per heavy atom. The summed E-state index contributed by atoms with van der Waals surface area (Å²) in [4.78, 5) is 4.76. The van der Waals surface area contributed by atoms with Crippen molar-refractivity contribution in [3.63, 3.8) is 0 Å². The van der Waals surface area contributed by atoms with Crippen LogP contribution in [0.5, 0.6) is 0 Å². The van der Waals surface area contributed by atoms with Crippen LogP contribution in [0.15, 0.2) is 48.5 Å². The van der Waals surface area contributed by atoms with Crippen molar-refractivity contribution in [3.05, 3.63) is 59.7 Å². The molecule has 4 rings (SSSR count). The van der Waals surface area contributed by atoms with Gasteiger partial charge in [-0.1, -0.05) is 42.5 Å². The highest BCUT2D eigenvalue weighted by molar-refractivity contribution is 5.56. The molecule has 0 amide bonds. The number of hydrogen-bond donors (Lipinski definition) is 1. The molecule has 7 nitrogen and oxygen atoms in total. The van der Waals surface area contributed by atoms with Gasteiger partial charge >= 0.3 is 0 Å². The smallest absolute Gasteiger partial charge is 0.182 e. The first-order valence-corrected chi connectivity index (χ1v) is 10.1. The second-order valence-corrected chi connectivity index (χ2v) is 7.71. The minimum Gasteiger partial charge on any atom is -0.390 e. The molecule has 3 aromatic rings. The third-order valence-corrected chi connectivity index (χ3v) is 5.71. The summed E-state index contributed by atoms with van der Waals surface area (Å²) in [6.45, 7) is 9.17. The van der Waals surface area contributed by atoms with Gasteiger partial charge < -0.3 is 10.0 Å². The Bertz CT molecular complexity index is 933. The molecule has 1 fully saturated rings. The number of piperazine rings is 1. The predicted molar refractivity (Wildman–Crippen MR) is 114 cm³/mol. The summed E-state index contributed by atoms with van der Waals surface area (Å²) in [5.41, 5.74) is 4.96. The summed E-state index contributed by atoms with van der Waals surface area (Å²) in [5.74, 6) is 0.685. The maximum Gasteiger partial charge on any atom is 0.182 e. The monoisotopic (exact) mass is 392 g/mol. The summed E-state index contributed by atoms with van der Waals surface area (Å²) in [6, 6.07) is 16.3. The highest BCUT2D eigenvalue weighted by Crippen LogP contribution is 2.24. The first-order chi connectivity index (χ1) is 14.1. The van der Waals surface area contributed by atoms with Crippen molar-refractivity contribution < 1.29 is 5.11 Å². The van der Waals surface area contributed by atoms with Gasteiger partial charge in [-0.2, -0.15) is 0 Å². The molecule has 1 atom stereocenters. The second kappa shape index (κ2) is 8.71. The van der Waals surface area contributed by atoms with Crippen LogP contribution in [0.2, 0.25) is 0 Å². The van der Waals surface area contributed by atoms with E-state index in [1.165, 1.54) is 16.8 Å². The number of benzene rings is 2. The van der Waals surface area contributed by atoms with Crippen molar-refractivity contribution in [2.24, 2.45) is 0 Å². The van der Waals surface area contributed by atoms with Gasteiger partial charge in [-0.25, -0.2) is 4.68 Å². The van der Waals surface area contributed by atoms with E-state index in [1.54, 1.807) is 4.68 Å². The van der Waals surface area contributed by atoms with Gasteiger partial charge in [-0.15, -0.1) is 5.10 Å². The number of hydrogen-bond acceptors (Lipinski definition) is 6. The molecule has 1 N–H and O–H groups in total. The van der Waals surface area contributed by atoms with E-state index in [4.69, 9.17) is 0 Å². The van der Waals surface area contributed by atoms with Gasteiger partial charge in [-0.3, -0.25) is 4.90 Å². The number of tetrazole rings is 1. The largest absolute Gasteiger partial charge is 0.390 e. The molecule has 1 unspecified atom stereocenters. The lowest BCUT2D eigenvalue weighted by molar-refractivity contribution is 0.0919. The first-order valence-electron chi connectivity index (χ1n) is 10.1. The van der Waals surface area contributed by atoms with Gasteiger partial charge in [-0.05, 0) is 41.5 Å². The van der Waals surface area contributed by atoms with Gasteiger partial charge in [0.1, 0.15) is 0 Å². The number of aliphatic hydroxyl groups excluding tert-OH is 1. The fraction of sp³-hybridized carbons (Fsp3) is 0.409. The molecule has 7 heteroatoms. The van der Waals surface area contributed by atoms with E-state index >= 15 is 0 Å². The summed E-state index contributed by atoms with van der Waals surface area (Å²) in [6.07, 6.45) is -0.520. The Hall–Kier alpha value is -2.77. The van der Waals surface area contributed by atoms with Crippen molar-refractivity contribution in [2.75, 3.05) is 37.6 Å². The van der Waals surface area contributed by atoms with Crippen LogP contribution in [0.4, 0.5) is 5.69 Å². The Morgan fingerprint density at radius 1 is 0.931 bits per heavy atom. The van der Waals surface area contributed by atoms with Crippen molar-refractivity contribution in [3.8, 4) is 11.4 Å². The third-order valence-electron chi connectivity index (χ3n) is 5.71. The maximum absolute atomic E-state index is 10.6. The molecule has 2 heterocycles. The van der Waals surface area contributed by atoms with Gasteiger partial charge in [0.2, 0.25) is 0 Å². The predicted octanol–water partition coefficient (Wildman–Crippen LogP) is 2.14. The quantitative estimate of drug-likeness (QED) is 0.693. The van der Waals surface area contributed by atoms with Crippen molar-refractivity contribution >= 4 is 5.69 Å². The zero-order valence-electron chi connectivity index (χ0n) is 17.1. The lowest BCUT2D eigenvalue weighted by Gasteiger charge is -2.37. The van der Waals surface area contributed by atoms with Crippen LogP contribution in [-0.4, -0.2) is 69.0 Å². The SMILES string of the molecule is Cc1cccc(N2CCN(CC(O)Cn3nnnc3-c3ccccc3)CC2)c1C. The fourth-order valence-corrected chi connectivity index (χ4v) is 3.93. The maximum atomic E-state index is 10.6. The fourth-order valence-electron chi connectivity index (χ4n) is 3.93. The standard InChI is InChI=1S/C22H28N6O/c1-17-7-6-10-21(18(17)2)27-13-11-26(12-14-27)15-20(29)16-28-22(23-24-25-28)19-8-4-3-5-9-19/h3-10,20,29H,11-16H2,1-2H3. The average molecular weight is 393 g/mol. The summed E-state index contributed by atoms with van der Waals surface area (Å²) in [7, 11) is 0. The highest BCUT2D eigenvalue weighted by Gasteiger charge is 2.22. The van der Waals surface area contributed by atoms with E-state index in [0.29, 0.717) is 18.9 Å². The first kappa shape index (κ1) is 19.5. The number of aromatic nitrogens is 4. The average Bonchev–Trinajstić information content (AvgIpc) is 3.19. The van der Waals surface area contributed by atoms with E-state index in [2.05, 4.69) is 57.4 Å². The molecule has 2 aromatic carbocycles. The molecule has 29 heavy (non-hydrogen) atoms. The molecule has 0 radical (unpaired) electrons. The van der Waals surface area contributed by atoms with Crippen LogP contribution in [0.3, 0.4) is 0 Å². The number of aryl methyl sites for hydroxylation is 1. The normalized spacial score (nSPS) is 16.2. The minimum absolute atomic E-state index is 0.383. The van der Waals surface area contributed by atoms with E-state index in [-0.39, 0.29) is 0 Å². The molecule has 1 aromatic heterocycles. The van der Waals surface area contributed by atoms with Crippen molar-refractivity contribution in [2.45, 2.75) is 26.5 Å². The topological polar surface area (TPSA) is 70.3 Å². The van der Waals surface area contributed by atoms with Crippen molar-refractivity contribution in [1.29, 1.82) is 0 Å². The van der Waals surface area contributed by atoms with E-state index < -0.39 is 6.10 Å². The molecule has 0 bridgehead atoms. The van der Waals surface area contributed by atoms with Crippen molar-refractivity contribution in [1.82, 2.24) is 25.1 Å². The Morgan fingerprint density at radius 3 is 2.45 bits per heavy atom. The van der Waals surface area contributed by atoms with E-state index in [9.17, 15) is 5.11 Å². The molecular weight excluding hydrogens is 364 g/mol. The molecule has 1 aliphatic rings. The van der Waals surface area contributed by atoms with Gasteiger partial charge in [0, 0.05) is 44.0 Å². The van der Waals surface area contributed by atoms with Crippen LogP contribution in [-0.2, 0) is 6.54 Å². The second-order valence-electron chi connectivity index (χ2n) is 7.71. The molecule has 0 saturated carbocycles. The molecule has 1 aliphatic heterocycles. The van der Waals surface area contributed by atoms with E-state index in [0.717, 1.165) is 31.7 Å². The lowest BCUT2D eigenvalue weighted by Crippen LogP contribution is -2.49. The molecule has 0 spiro atoms. The lowest BCUT2D eigenvalue weighted by atomic mass is 10.1. The van der Waals surface area contributed by atoms with Crippen LogP contribution in [0.25, 0.3) is 11.4 Å². The van der Waals surface area contributed by atoms with Gasteiger partial charge in [0.25, 0.3) is 0 Å². The number of rotatable bonds is 6. The molecule has 1 saturated heterocycles. The Balaban J connectivity index is 1.32. The zero-order chi connectivity index (χ0) is 20.2. The van der Waals surface area contributed by atoms with Crippen LogP contribution in [0, 0.1) is 13.8 Å². The number of β-amino-alcohol motifs (C(OH)–C–C–N with tert-alkyl or cyclic N) is 1. The number of nitrogens with zero attached hydrogens (tertiary/aromatic N) is 6. The Kier molecular flexibility index (Phi) is 5.87. The zero-order valence-corrected chi connectivity index (χ0v) is 17.1. The van der Waals surface area contributed by atoms with Crippen LogP contribution < -0.4 is 4.90 Å². The summed E-state index contributed by atoms with van der Waals surface area (Å²) in [5, 5.41) is 22.6. The van der Waals surface area contributed by atoms with Gasteiger partial charge in [0.05, 0.1) is 12.6 Å². The summed E-state index contributed by atoms with van der Waals surface area (Å²) < 4.78 is 1.69. The van der Waals surface area contributed by atoms with E-state index in [1.807, 2.05) is 30.3 Å². The molecule has 152 valence electrons. The van der Waals surface area contributed by atoms with Crippen LogP contribution in [0.1, 0.15) is 11.1 Å². The third kappa shape index (κ3) is 4.46. The number of aliphatic hydroxyl groups is 1.